The Balaban J connectivity index is 1.45. The van der Waals surface area contributed by atoms with Crippen molar-refractivity contribution in [3.63, 3.8) is 0 Å². The Hall–Kier alpha value is -2.60. The van der Waals surface area contributed by atoms with E-state index >= 15 is 0 Å². The van der Waals surface area contributed by atoms with Crippen molar-refractivity contribution in [2.24, 2.45) is 0 Å². The fourth-order valence-electron chi connectivity index (χ4n) is 2.63. The van der Waals surface area contributed by atoms with E-state index in [1.807, 2.05) is 24.4 Å². The lowest BCUT2D eigenvalue weighted by atomic mass is 9.97. The van der Waals surface area contributed by atoms with Gasteiger partial charge in [0.05, 0.1) is 5.69 Å². The standard InChI is InChI=1S/C20H20FN3OS/c1-14(15-4-6-17(21)7-5-15)11-19(25)23-10-8-18-13-26-20(24-18)16-3-2-9-22-12-16/h2-7,9,12-14H,8,10-11H2,1H3,(H,23,25). The number of carbonyl (C=O) groups is 1. The summed E-state index contributed by atoms with van der Waals surface area (Å²) in [6.45, 7) is 2.51. The first-order valence-electron chi connectivity index (χ1n) is 8.49. The minimum Gasteiger partial charge on any atom is -0.356 e. The van der Waals surface area contributed by atoms with Gasteiger partial charge >= 0.3 is 0 Å². The lowest BCUT2D eigenvalue weighted by Crippen LogP contribution is -2.26. The Labute approximate surface area is 156 Å². The van der Waals surface area contributed by atoms with Gasteiger partial charge in [-0.1, -0.05) is 19.1 Å². The molecule has 0 aliphatic rings. The molecule has 1 aromatic carbocycles. The van der Waals surface area contributed by atoms with Crippen molar-refractivity contribution in [2.75, 3.05) is 6.54 Å². The van der Waals surface area contributed by atoms with Gasteiger partial charge in [0.25, 0.3) is 0 Å². The maximum atomic E-state index is 13.0. The van der Waals surface area contributed by atoms with Crippen LogP contribution in [0.4, 0.5) is 4.39 Å². The molecule has 3 aromatic rings. The molecule has 1 atom stereocenters. The number of thiazole rings is 1. The van der Waals surface area contributed by atoms with Crippen LogP contribution in [0.3, 0.4) is 0 Å². The minimum absolute atomic E-state index is 0.00969. The van der Waals surface area contributed by atoms with Crippen LogP contribution in [-0.2, 0) is 11.2 Å². The molecule has 0 saturated heterocycles. The molecule has 1 unspecified atom stereocenters. The van der Waals surface area contributed by atoms with Gasteiger partial charge in [-0.2, -0.15) is 0 Å². The number of aromatic nitrogens is 2. The molecule has 3 rings (SSSR count). The molecule has 4 nitrogen and oxygen atoms in total. The smallest absolute Gasteiger partial charge is 0.220 e. The molecule has 0 aliphatic heterocycles. The third-order valence-corrected chi connectivity index (χ3v) is 5.03. The van der Waals surface area contributed by atoms with Crippen LogP contribution in [0.2, 0.25) is 0 Å². The third-order valence-electron chi connectivity index (χ3n) is 4.09. The fraction of sp³-hybridized carbons (Fsp3) is 0.250. The fourth-order valence-corrected chi connectivity index (χ4v) is 3.48. The van der Waals surface area contributed by atoms with Crippen LogP contribution in [0.25, 0.3) is 10.6 Å². The van der Waals surface area contributed by atoms with E-state index in [1.165, 1.54) is 12.1 Å². The Morgan fingerprint density at radius 2 is 2.08 bits per heavy atom. The number of pyridine rings is 1. The number of hydrogen-bond acceptors (Lipinski definition) is 4. The average molecular weight is 369 g/mol. The molecule has 2 aromatic heterocycles. The van der Waals surface area contributed by atoms with Gasteiger partial charge < -0.3 is 5.32 Å². The van der Waals surface area contributed by atoms with Crippen LogP contribution in [-0.4, -0.2) is 22.4 Å². The zero-order chi connectivity index (χ0) is 18.4. The molecule has 26 heavy (non-hydrogen) atoms. The number of nitrogens with one attached hydrogen (secondary N) is 1. The van der Waals surface area contributed by atoms with Crippen LogP contribution >= 0.6 is 11.3 Å². The second-order valence-corrected chi connectivity index (χ2v) is 7.00. The number of halogens is 1. The molecule has 0 aliphatic carbocycles. The lowest BCUT2D eigenvalue weighted by Gasteiger charge is -2.11. The van der Waals surface area contributed by atoms with E-state index < -0.39 is 0 Å². The monoisotopic (exact) mass is 369 g/mol. The van der Waals surface area contributed by atoms with Crippen LogP contribution in [0.15, 0.2) is 54.2 Å². The molecule has 134 valence electrons. The number of amides is 1. The van der Waals surface area contributed by atoms with E-state index in [0.717, 1.165) is 21.8 Å². The number of benzene rings is 1. The van der Waals surface area contributed by atoms with Gasteiger partial charge in [-0.3, -0.25) is 9.78 Å². The number of nitrogens with zero attached hydrogens (tertiary/aromatic N) is 2. The van der Waals surface area contributed by atoms with Crippen molar-refractivity contribution >= 4 is 17.2 Å². The van der Waals surface area contributed by atoms with Crippen LogP contribution in [0.5, 0.6) is 0 Å². The summed E-state index contributed by atoms with van der Waals surface area (Å²) >= 11 is 1.58. The molecule has 0 fully saturated rings. The summed E-state index contributed by atoms with van der Waals surface area (Å²) in [7, 11) is 0. The first-order valence-corrected chi connectivity index (χ1v) is 9.37. The summed E-state index contributed by atoms with van der Waals surface area (Å²) in [6.07, 6.45) is 4.60. The first kappa shape index (κ1) is 18.2. The highest BCUT2D eigenvalue weighted by atomic mass is 32.1. The van der Waals surface area contributed by atoms with Crippen molar-refractivity contribution in [3.8, 4) is 10.6 Å². The third kappa shape index (κ3) is 4.95. The van der Waals surface area contributed by atoms with Gasteiger partial charge in [0.15, 0.2) is 0 Å². The Bertz CT molecular complexity index is 849. The summed E-state index contributed by atoms with van der Waals surface area (Å²) in [5.74, 6) is -0.226. The van der Waals surface area contributed by atoms with Gasteiger partial charge in [-0.05, 0) is 35.7 Å². The number of rotatable bonds is 7. The molecule has 2 heterocycles. The topological polar surface area (TPSA) is 54.9 Å². The maximum absolute atomic E-state index is 13.0. The van der Waals surface area contributed by atoms with E-state index in [9.17, 15) is 9.18 Å². The van der Waals surface area contributed by atoms with Crippen molar-refractivity contribution in [1.29, 1.82) is 0 Å². The van der Waals surface area contributed by atoms with Crippen LogP contribution < -0.4 is 5.32 Å². The van der Waals surface area contributed by atoms with Gasteiger partial charge in [0.1, 0.15) is 10.8 Å². The van der Waals surface area contributed by atoms with E-state index in [0.29, 0.717) is 19.4 Å². The predicted octanol–water partition coefficient (Wildman–Crippen LogP) is 4.20. The summed E-state index contributed by atoms with van der Waals surface area (Å²) in [6, 6.07) is 10.2. The predicted molar refractivity (Wildman–Crippen MR) is 101 cm³/mol. The molecule has 1 amide bonds. The Kier molecular flexibility index (Phi) is 6.07. The molecule has 1 N–H and O–H groups in total. The molecular weight excluding hydrogens is 349 g/mol. The molecule has 0 radical (unpaired) electrons. The second kappa shape index (κ2) is 8.67. The molecule has 0 spiro atoms. The summed E-state index contributed by atoms with van der Waals surface area (Å²) in [5, 5.41) is 5.88. The highest BCUT2D eigenvalue weighted by Crippen LogP contribution is 2.23. The van der Waals surface area contributed by atoms with Crippen molar-refractivity contribution < 1.29 is 9.18 Å². The summed E-state index contributed by atoms with van der Waals surface area (Å²) in [4.78, 5) is 20.8. The van der Waals surface area contributed by atoms with Gasteiger partial charge in [-0.25, -0.2) is 9.37 Å². The Morgan fingerprint density at radius 1 is 1.27 bits per heavy atom. The molecule has 0 bridgehead atoms. The molecule has 6 heteroatoms. The zero-order valence-electron chi connectivity index (χ0n) is 14.5. The second-order valence-electron chi connectivity index (χ2n) is 6.14. The maximum Gasteiger partial charge on any atom is 0.220 e. The highest BCUT2D eigenvalue weighted by Gasteiger charge is 2.11. The molecule has 0 saturated carbocycles. The van der Waals surface area contributed by atoms with E-state index in [2.05, 4.69) is 15.3 Å². The number of hydrogen-bond donors (Lipinski definition) is 1. The van der Waals surface area contributed by atoms with Crippen molar-refractivity contribution in [1.82, 2.24) is 15.3 Å². The van der Waals surface area contributed by atoms with Crippen LogP contribution in [0, 0.1) is 5.82 Å². The average Bonchev–Trinajstić information content (AvgIpc) is 3.12. The Morgan fingerprint density at radius 3 is 2.81 bits per heavy atom. The summed E-state index contributed by atoms with van der Waals surface area (Å²) in [5.41, 5.74) is 2.92. The number of carbonyl (C=O) groups excluding carboxylic acids is 1. The van der Waals surface area contributed by atoms with Gasteiger partial charge in [0.2, 0.25) is 5.91 Å². The van der Waals surface area contributed by atoms with Crippen molar-refractivity contribution in [2.45, 2.75) is 25.7 Å². The van der Waals surface area contributed by atoms with Gasteiger partial charge in [-0.15, -0.1) is 11.3 Å². The minimum atomic E-state index is -0.265. The van der Waals surface area contributed by atoms with E-state index in [4.69, 9.17) is 0 Å². The lowest BCUT2D eigenvalue weighted by molar-refractivity contribution is -0.121. The normalized spacial score (nSPS) is 11.9. The SMILES string of the molecule is CC(CC(=O)NCCc1csc(-c2cccnc2)n1)c1ccc(F)cc1. The quantitative estimate of drug-likeness (QED) is 0.679. The van der Waals surface area contributed by atoms with E-state index in [1.54, 1.807) is 35.9 Å². The van der Waals surface area contributed by atoms with Crippen LogP contribution in [0.1, 0.15) is 30.5 Å². The van der Waals surface area contributed by atoms with Gasteiger partial charge in [0, 0.05) is 42.7 Å². The summed E-state index contributed by atoms with van der Waals surface area (Å²) < 4.78 is 13.0. The van der Waals surface area contributed by atoms with Crippen molar-refractivity contribution in [3.05, 3.63) is 71.2 Å². The zero-order valence-corrected chi connectivity index (χ0v) is 15.3. The molecular formula is C20H20FN3OS. The highest BCUT2D eigenvalue weighted by molar-refractivity contribution is 7.13. The van der Waals surface area contributed by atoms with E-state index in [-0.39, 0.29) is 17.6 Å². The largest absolute Gasteiger partial charge is 0.356 e. The first-order chi connectivity index (χ1) is 12.6.